The van der Waals surface area contributed by atoms with Crippen LogP contribution in [0.1, 0.15) is 37.9 Å². The van der Waals surface area contributed by atoms with Crippen LogP contribution >= 0.6 is 0 Å². The van der Waals surface area contributed by atoms with Gasteiger partial charge in [0.25, 0.3) is 0 Å². The molecule has 7 nitrogen and oxygen atoms in total. The molecule has 1 aliphatic rings. The van der Waals surface area contributed by atoms with Crippen LogP contribution in [0.3, 0.4) is 0 Å². The Bertz CT molecular complexity index is 498. The number of carbonyl (C=O) groups excluding carboxylic acids is 2. The fraction of sp³-hybridized carbons (Fsp3) is 0.615. The van der Waals surface area contributed by atoms with Crippen LogP contribution < -0.4 is 5.32 Å². The quantitative estimate of drug-likeness (QED) is 0.852. The Morgan fingerprint density at radius 2 is 2.20 bits per heavy atom. The first-order valence-electron chi connectivity index (χ1n) is 6.93. The van der Waals surface area contributed by atoms with Crippen molar-refractivity contribution in [2.24, 2.45) is 0 Å². The molecule has 0 saturated carbocycles. The third-order valence-electron chi connectivity index (χ3n) is 3.19. The summed E-state index contributed by atoms with van der Waals surface area (Å²) in [5, 5.41) is 6.87. The fourth-order valence-corrected chi connectivity index (χ4v) is 2.12. The molecular weight excluding hydrogens is 260 g/mol. The number of urea groups is 1. The highest BCUT2D eigenvalue weighted by atomic mass is 16.5. The van der Waals surface area contributed by atoms with Crippen molar-refractivity contribution in [2.45, 2.75) is 39.8 Å². The number of fused-ring (bicyclic) bond motifs is 1. The van der Waals surface area contributed by atoms with E-state index in [1.54, 1.807) is 18.0 Å². The average molecular weight is 280 g/mol. The maximum atomic E-state index is 12.0. The van der Waals surface area contributed by atoms with Crippen molar-refractivity contribution in [1.29, 1.82) is 0 Å². The summed E-state index contributed by atoms with van der Waals surface area (Å²) in [6.45, 7) is 5.65. The summed E-state index contributed by atoms with van der Waals surface area (Å²) in [5.74, 6) is 0. The second-order valence-electron chi connectivity index (χ2n) is 4.67. The minimum atomic E-state index is -0.498. The summed E-state index contributed by atoms with van der Waals surface area (Å²) in [4.78, 5) is 25.3. The minimum absolute atomic E-state index is 0.106. The molecule has 20 heavy (non-hydrogen) atoms. The number of nitrogens with one attached hydrogen (secondary N) is 1. The largest absolute Gasteiger partial charge is 0.448 e. The van der Waals surface area contributed by atoms with Gasteiger partial charge >= 0.3 is 12.1 Å². The van der Waals surface area contributed by atoms with Gasteiger partial charge in [-0.05, 0) is 13.3 Å². The van der Waals surface area contributed by atoms with Crippen LogP contribution in [0.4, 0.5) is 9.59 Å². The van der Waals surface area contributed by atoms with Crippen molar-refractivity contribution in [3.63, 3.8) is 0 Å². The monoisotopic (exact) mass is 280 g/mol. The van der Waals surface area contributed by atoms with Crippen LogP contribution in [0.25, 0.3) is 0 Å². The number of nitrogens with zero attached hydrogens (tertiary/aromatic N) is 3. The number of aromatic nitrogens is 2. The first-order chi connectivity index (χ1) is 9.67. The molecule has 0 unspecified atom stereocenters. The van der Waals surface area contributed by atoms with Crippen LogP contribution in [0.5, 0.6) is 0 Å². The van der Waals surface area contributed by atoms with Crippen molar-refractivity contribution >= 4 is 12.1 Å². The van der Waals surface area contributed by atoms with Crippen LogP contribution in [0, 0.1) is 0 Å². The van der Waals surface area contributed by atoms with E-state index < -0.39 is 6.09 Å². The van der Waals surface area contributed by atoms with Crippen molar-refractivity contribution < 1.29 is 14.3 Å². The lowest BCUT2D eigenvalue weighted by Crippen LogP contribution is -2.37. The number of ether oxygens (including phenoxy) is 1. The summed E-state index contributed by atoms with van der Waals surface area (Å²) >= 11 is 0. The molecule has 0 radical (unpaired) electrons. The van der Waals surface area contributed by atoms with Crippen LogP contribution in [-0.4, -0.2) is 40.0 Å². The topological polar surface area (TPSA) is 76.5 Å². The summed E-state index contributed by atoms with van der Waals surface area (Å²) < 4.78 is 6.16. The van der Waals surface area contributed by atoms with Gasteiger partial charge in [-0.2, -0.15) is 9.78 Å². The Kier molecular flexibility index (Phi) is 4.60. The van der Waals surface area contributed by atoms with Crippen molar-refractivity contribution in [2.75, 3.05) is 13.2 Å². The van der Waals surface area contributed by atoms with Crippen molar-refractivity contribution in [3.8, 4) is 0 Å². The molecule has 0 bridgehead atoms. The van der Waals surface area contributed by atoms with Gasteiger partial charge in [0.2, 0.25) is 0 Å². The van der Waals surface area contributed by atoms with Gasteiger partial charge in [-0.25, -0.2) is 9.59 Å². The number of rotatable bonds is 4. The van der Waals surface area contributed by atoms with E-state index in [0.29, 0.717) is 26.2 Å². The molecule has 2 amide bonds. The fourth-order valence-electron chi connectivity index (χ4n) is 2.12. The first kappa shape index (κ1) is 14.4. The van der Waals surface area contributed by atoms with Crippen molar-refractivity contribution in [1.82, 2.24) is 20.0 Å². The normalized spacial score (nSPS) is 13.2. The molecular formula is C13H20N4O3. The second kappa shape index (κ2) is 6.40. The molecule has 1 aromatic heterocycles. The zero-order valence-electron chi connectivity index (χ0n) is 11.9. The third-order valence-corrected chi connectivity index (χ3v) is 3.19. The predicted octanol–water partition coefficient (Wildman–Crippen LogP) is 1.71. The van der Waals surface area contributed by atoms with Gasteiger partial charge in [-0.3, -0.25) is 0 Å². The summed E-state index contributed by atoms with van der Waals surface area (Å²) in [5.41, 5.74) is 1.62. The maximum Gasteiger partial charge on any atom is 0.434 e. The van der Waals surface area contributed by atoms with Gasteiger partial charge in [0.05, 0.1) is 31.6 Å². The zero-order valence-corrected chi connectivity index (χ0v) is 11.9. The molecule has 0 aliphatic carbocycles. The lowest BCUT2D eigenvalue weighted by Gasteiger charge is -2.16. The van der Waals surface area contributed by atoms with Gasteiger partial charge in [-0.15, -0.1) is 0 Å². The van der Waals surface area contributed by atoms with E-state index in [4.69, 9.17) is 4.74 Å². The Hall–Kier alpha value is -2.05. The molecule has 7 heteroatoms. The molecule has 0 aromatic carbocycles. The van der Waals surface area contributed by atoms with Gasteiger partial charge in [0, 0.05) is 12.1 Å². The van der Waals surface area contributed by atoms with E-state index >= 15 is 0 Å². The van der Waals surface area contributed by atoms with Crippen LogP contribution in [0.2, 0.25) is 0 Å². The Morgan fingerprint density at radius 1 is 1.40 bits per heavy atom. The highest BCUT2D eigenvalue weighted by Gasteiger charge is 2.29. The van der Waals surface area contributed by atoms with Crippen LogP contribution in [0.15, 0.2) is 6.20 Å². The number of carbonyl (C=O) groups is 2. The molecule has 2 heterocycles. The highest BCUT2D eigenvalue weighted by molar-refractivity contribution is 5.76. The van der Waals surface area contributed by atoms with Gasteiger partial charge in [0.1, 0.15) is 0 Å². The minimum Gasteiger partial charge on any atom is -0.448 e. The predicted molar refractivity (Wildman–Crippen MR) is 72.2 cm³/mol. The smallest absolute Gasteiger partial charge is 0.434 e. The highest BCUT2D eigenvalue weighted by Crippen LogP contribution is 2.22. The van der Waals surface area contributed by atoms with E-state index in [1.807, 2.05) is 0 Å². The Labute approximate surface area is 117 Å². The van der Waals surface area contributed by atoms with E-state index in [0.717, 1.165) is 24.1 Å². The van der Waals surface area contributed by atoms with Gasteiger partial charge in [-0.1, -0.05) is 13.3 Å². The number of hydrogen-bond acceptors (Lipinski definition) is 4. The van der Waals surface area contributed by atoms with Crippen LogP contribution in [-0.2, 0) is 17.8 Å². The second-order valence-corrected chi connectivity index (χ2v) is 4.67. The van der Waals surface area contributed by atoms with E-state index in [2.05, 4.69) is 17.3 Å². The molecule has 0 saturated heterocycles. The summed E-state index contributed by atoms with van der Waals surface area (Å²) in [7, 11) is 0. The zero-order chi connectivity index (χ0) is 14.5. The average Bonchev–Trinajstić information content (AvgIpc) is 2.98. The van der Waals surface area contributed by atoms with Gasteiger partial charge < -0.3 is 15.0 Å². The molecule has 0 atom stereocenters. The third kappa shape index (κ3) is 2.92. The molecule has 1 aromatic rings. The van der Waals surface area contributed by atoms with E-state index in [1.165, 1.54) is 4.68 Å². The lowest BCUT2D eigenvalue weighted by atomic mass is 10.3. The molecule has 0 fully saturated rings. The molecule has 0 spiro atoms. The lowest BCUT2D eigenvalue weighted by molar-refractivity contribution is 0.148. The van der Waals surface area contributed by atoms with Gasteiger partial charge in [0.15, 0.2) is 0 Å². The number of hydrogen-bond donors (Lipinski definition) is 1. The SMILES string of the molecule is CCCCNC(=O)N1Cc2cnn(C(=O)OCC)c2C1. The Morgan fingerprint density at radius 3 is 2.90 bits per heavy atom. The van der Waals surface area contributed by atoms with E-state index in [-0.39, 0.29) is 6.03 Å². The summed E-state index contributed by atoms with van der Waals surface area (Å²) in [6.07, 6.45) is 3.12. The van der Waals surface area contributed by atoms with Crippen molar-refractivity contribution in [3.05, 3.63) is 17.5 Å². The standard InChI is InChI=1S/C13H20N4O3/c1-3-5-6-14-12(18)16-8-10-7-15-17(11(10)9-16)13(19)20-4-2/h7H,3-6,8-9H2,1-2H3,(H,14,18). The number of amides is 2. The molecule has 110 valence electrons. The van der Waals surface area contributed by atoms with E-state index in [9.17, 15) is 9.59 Å². The first-order valence-corrected chi connectivity index (χ1v) is 6.93. The maximum absolute atomic E-state index is 12.0. The number of unbranched alkanes of at least 4 members (excludes halogenated alkanes) is 1. The molecule has 2 rings (SSSR count). The Balaban J connectivity index is 1.97. The molecule has 1 N–H and O–H groups in total. The summed E-state index contributed by atoms with van der Waals surface area (Å²) in [6, 6.07) is -0.106. The molecule has 1 aliphatic heterocycles.